The largest absolute Gasteiger partial charge is 0.467 e. The van der Waals surface area contributed by atoms with Crippen LogP contribution >= 0.6 is 11.6 Å². The van der Waals surface area contributed by atoms with E-state index in [4.69, 9.17) is 16.0 Å². The quantitative estimate of drug-likeness (QED) is 0.729. The van der Waals surface area contributed by atoms with Gasteiger partial charge in [-0.1, -0.05) is 11.6 Å². The van der Waals surface area contributed by atoms with Crippen LogP contribution in [0.5, 0.6) is 0 Å². The van der Waals surface area contributed by atoms with Crippen molar-refractivity contribution < 1.29 is 4.42 Å². The fourth-order valence-electron chi connectivity index (χ4n) is 1.49. The molecule has 7 heteroatoms. The molecule has 6 nitrogen and oxygen atoms in total. The molecule has 0 saturated heterocycles. The predicted molar refractivity (Wildman–Crippen MR) is 66.2 cm³/mol. The Hall–Kier alpha value is -2.21. The van der Waals surface area contributed by atoms with Gasteiger partial charge < -0.3 is 9.73 Å². The van der Waals surface area contributed by atoms with Crippen LogP contribution in [0.3, 0.4) is 0 Å². The van der Waals surface area contributed by atoms with Gasteiger partial charge in [0, 0.05) is 12.4 Å². The number of nitrogens with one attached hydrogen (secondary N) is 1. The molecule has 0 amide bonds. The number of hydrogen-bond acceptors (Lipinski definition) is 6. The minimum atomic E-state index is 0.273. The van der Waals surface area contributed by atoms with Gasteiger partial charge in [0.2, 0.25) is 5.95 Å². The molecule has 0 bridgehead atoms. The summed E-state index contributed by atoms with van der Waals surface area (Å²) in [5.41, 5.74) is 0.946. The summed E-state index contributed by atoms with van der Waals surface area (Å²) >= 11 is 6.01. The van der Waals surface area contributed by atoms with Gasteiger partial charge in [-0.15, -0.1) is 0 Å². The van der Waals surface area contributed by atoms with E-state index in [0.717, 1.165) is 5.76 Å². The maximum atomic E-state index is 6.01. The van der Waals surface area contributed by atoms with E-state index in [0.29, 0.717) is 23.7 Å². The summed E-state index contributed by atoms with van der Waals surface area (Å²) in [4.78, 5) is 16.5. The van der Waals surface area contributed by atoms with Gasteiger partial charge in [0.15, 0.2) is 10.8 Å². The maximum absolute atomic E-state index is 6.01. The number of furan rings is 1. The fraction of sp³-hybridized carbons (Fsp3) is 0.0909. The Kier molecular flexibility index (Phi) is 2.77. The second kappa shape index (κ2) is 4.58. The van der Waals surface area contributed by atoms with Gasteiger partial charge >= 0.3 is 0 Å². The lowest BCUT2D eigenvalue weighted by molar-refractivity contribution is 0.517. The molecular weight excluding hydrogens is 254 g/mol. The van der Waals surface area contributed by atoms with Crippen LogP contribution in [0.4, 0.5) is 5.95 Å². The first-order valence-corrected chi connectivity index (χ1v) is 5.61. The Bertz CT molecular complexity index is 670. The number of hydrogen-bond donors (Lipinski definition) is 1. The molecule has 3 aromatic heterocycles. The van der Waals surface area contributed by atoms with Crippen LogP contribution in [0.1, 0.15) is 5.76 Å². The summed E-state index contributed by atoms with van der Waals surface area (Å²) in [6.45, 7) is 0.481. The molecule has 0 unspecified atom stereocenters. The van der Waals surface area contributed by atoms with E-state index in [2.05, 4.69) is 25.3 Å². The number of fused-ring (bicyclic) bond motifs is 1. The fourth-order valence-corrected chi connectivity index (χ4v) is 1.70. The molecule has 3 aromatic rings. The summed E-state index contributed by atoms with van der Waals surface area (Å²) in [5, 5.41) is 3.29. The average molecular weight is 262 g/mol. The minimum Gasteiger partial charge on any atom is -0.467 e. The molecular formula is C11H8ClN5O. The summed E-state index contributed by atoms with van der Waals surface area (Å²) < 4.78 is 5.19. The number of rotatable bonds is 3. The predicted octanol–water partition coefficient (Wildman–Crippen LogP) is 2.28. The molecule has 0 radical (unpaired) electrons. The molecule has 0 fully saturated rings. The van der Waals surface area contributed by atoms with Gasteiger partial charge in [-0.2, -0.15) is 9.97 Å². The smallest absolute Gasteiger partial charge is 0.226 e. The van der Waals surface area contributed by atoms with Crippen LogP contribution in [0.25, 0.3) is 11.2 Å². The first kappa shape index (κ1) is 10.9. The monoisotopic (exact) mass is 261 g/mol. The van der Waals surface area contributed by atoms with Crippen molar-refractivity contribution in [2.75, 3.05) is 5.32 Å². The lowest BCUT2D eigenvalue weighted by atomic mass is 10.4. The van der Waals surface area contributed by atoms with E-state index in [1.54, 1.807) is 18.7 Å². The van der Waals surface area contributed by atoms with Gasteiger partial charge in [-0.25, -0.2) is 9.97 Å². The van der Waals surface area contributed by atoms with Gasteiger partial charge in [0.05, 0.1) is 12.8 Å². The molecule has 3 rings (SSSR count). The van der Waals surface area contributed by atoms with E-state index in [1.165, 1.54) is 0 Å². The first-order chi connectivity index (χ1) is 8.83. The third kappa shape index (κ3) is 2.10. The summed E-state index contributed by atoms with van der Waals surface area (Å²) in [5.74, 6) is 1.18. The zero-order valence-corrected chi connectivity index (χ0v) is 9.92. The topological polar surface area (TPSA) is 76.7 Å². The summed E-state index contributed by atoms with van der Waals surface area (Å²) in [6.07, 6.45) is 4.71. The molecule has 0 aliphatic heterocycles. The van der Waals surface area contributed by atoms with E-state index in [9.17, 15) is 0 Å². The van der Waals surface area contributed by atoms with Crippen LogP contribution in [0.2, 0.25) is 5.15 Å². The maximum Gasteiger partial charge on any atom is 0.226 e. The minimum absolute atomic E-state index is 0.273. The van der Waals surface area contributed by atoms with Crippen molar-refractivity contribution in [2.24, 2.45) is 0 Å². The van der Waals surface area contributed by atoms with Crippen LogP contribution < -0.4 is 5.32 Å². The van der Waals surface area contributed by atoms with Crippen molar-refractivity contribution in [3.05, 3.63) is 41.7 Å². The second-order valence-corrected chi connectivity index (χ2v) is 3.86. The normalized spacial score (nSPS) is 10.7. The molecule has 3 heterocycles. The Morgan fingerprint density at radius 2 is 2.11 bits per heavy atom. The number of halogens is 1. The van der Waals surface area contributed by atoms with Gasteiger partial charge in [-0.05, 0) is 12.1 Å². The highest BCUT2D eigenvalue weighted by molar-refractivity contribution is 6.33. The van der Waals surface area contributed by atoms with Crippen molar-refractivity contribution in [1.29, 1.82) is 0 Å². The Morgan fingerprint density at radius 1 is 1.22 bits per heavy atom. The van der Waals surface area contributed by atoms with E-state index < -0.39 is 0 Å². The van der Waals surface area contributed by atoms with Crippen molar-refractivity contribution in [3.8, 4) is 0 Å². The molecule has 0 aliphatic rings. The van der Waals surface area contributed by atoms with Crippen LogP contribution in [0, 0.1) is 0 Å². The SMILES string of the molecule is Clc1nc(NCc2ccco2)nc2nccnc12. The molecule has 0 aromatic carbocycles. The van der Waals surface area contributed by atoms with Crippen molar-refractivity contribution in [2.45, 2.75) is 6.54 Å². The number of nitrogens with zero attached hydrogens (tertiary/aromatic N) is 4. The van der Waals surface area contributed by atoms with E-state index >= 15 is 0 Å². The molecule has 0 atom stereocenters. The number of aromatic nitrogens is 4. The van der Waals surface area contributed by atoms with E-state index in [1.807, 2.05) is 12.1 Å². The van der Waals surface area contributed by atoms with Crippen LogP contribution in [-0.4, -0.2) is 19.9 Å². The van der Waals surface area contributed by atoms with Gasteiger partial charge in [0.1, 0.15) is 11.3 Å². The number of anilines is 1. The zero-order valence-electron chi connectivity index (χ0n) is 9.17. The molecule has 0 aliphatic carbocycles. The summed E-state index contributed by atoms with van der Waals surface area (Å²) in [7, 11) is 0. The third-order valence-electron chi connectivity index (χ3n) is 2.29. The van der Waals surface area contributed by atoms with Crippen LogP contribution in [-0.2, 0) is 6.54 Å². The Labute approximate surface area is 107 Å². The third-order valence-corrected chi connectivity index (χ3v) is 2.55. The molecule has 1 N–H and O–H groups in total. The van der Waals surface area contributed by atoms with Crippen molar-refractivity contribution >= 4 is 28.7 Å². The molecule has 0 saturated carbocycles. The zero-order chi connectivity index (χ0) is 12.4. The second-order valence-electron chi connectivity index (χ2n) is 3.50. The lowest BCUT2D eigenvalue weighted by Gasteiger charge is -2.04. The average Bonchev–Trinajstić information content (AvgIpc) is 2.90. The molecule has 90 valence electrons. The molecule has 0 spiro atoms. The highest BCUT2D eigenvalue weighted by atomic mass is 35.5. The Morgan fingerprint density at radius 3 is 2.94 bits per heavy atom. The first-order valence-electron chi connectivity index (χ1n) is 5.23. The van der Waals surface area contributed by atoms with Crippen molar-refractivity contribution in [3.63, 3.8) is 0 Å². The standard InChI is InChI=1S/C11H8ClN5O/c12-9-8-10(14-4-3-13-8)17-11(16-9)15-6-7-2-1-5-18-7/h1-5H,6H2,(H,14,15,16,17). The van der Waals surface area contributed by atoms with Crippen LogP contribution in [0.15, 0.2) is 35.2 Å². The highest BCUT2D eigenvalue weighted by Gasteiger charge is 2.07. The Balaban J connectivity index is 1.88. The van der Waals surface area contributed by atoms with E-state index in [-0.39, 0.29) is 5.15 Å². The van der Waals surface area contributed by atoms with Gasteiger partial charge in [0.25, 0.3) is 0 Å². The highest BCUT2D eigenvalue weighted by Crippen LogP contribution is 2.17. The van der Waals surface area contributed by atoms with Gasteiger partial charge in [-0.3, -0.25) is 0 Å². The van der Waals surface area contributed by atoms with Crippen molar-refractivity contribution in [1.82, 2.24) is 19.9 Å². The summed E-state index contributed by atoms with van der Waals surface area (Å²) in [6, 6.07) is 3.67. The lowest BCUT2D eigenvalue weighted by Crippen LogP contribution is -2.04. The molecule has 18 heavy (non-hydrogen) atoms.